The summed E-state index contributed by atoms with van der Waals surface area (Å²) in [5.41, 5.74) is 3.83. The molecule has 1 aromatic heterocycles. The second-order valence-electron chi connectivity index (χ2n) is 4.96. The number of benzene rings is 1. The Hall–Kier alpha value is -1.54. The maximum atomic E-state index is 5.97. The molecule has 3 heteroatoms. The number of hydrogen-bond donors (Lipinski definition) is 0. The summed E-state index contributed by atoms with van der Waals surface area (Å²) in [6, 6.07) is 14.5. The second-order valence-corrected chi connectivity index (χ2v) is 5.35. The van der Waals surface area contributed by atoms with E-state index in [1.807, 2.05) is 18.2 Å². The normalized spacial score (nSPS) is 14.9. The first-order valence-electron chi connectivity index (χ1n) is 6.77. The van der Waals surface area contributed by atoms with E-state index in [1.54, 1.807) is 0 Å². The number of aryl methyl sites for hydroxylation is 1. The number of nitrogens with zero attached hydrogens (tertiary/aromatic N) is 2. The predicted octanol–water partition coefficient (Wildman–Crippen LogP) is 4.08. The Labute approximate surface area is 119 Å². The van der Waals surface area contributed by atoms with Crippen molar-refractivity contribution in [2.75, 3.05) is 11.4 Å². The summed E-state index contributed by atoms with van der Waals surface area (Å²) in [7, 11) is 0. The monoisotopic (exact) mass is 272 g/mol. The smallest absolute Gasteiger partial charge is 0.129 e. The molecule has 2 heterocycles. The third kappa shape index (κ3) is 2.90. The third-order valence-electron chi connectivity index (χ3n) is 3.58. The Morgan fingerprint density at radius 2 is 1.95 bits per heavy atom. The fourth-order valence-corrected chi connectivity index (χ4v) is 2.85. The first-order valence-corrected chi connectivity index (χ1v) is 7.15. The van der Waals surface area contributed by atoms with Gasteiger partial charge in [-0.3, -0.25) is 0 Å². The van der Waals surface area contributed by atoms with Gasteiger partial charge in [0, 0.05) is 12.2 Å². The van der Waals surface area contributed by atoms with Crippen molar-refractivity contribution in [2.24, 2.45) is 0 Å². The highest BCUT2D eigenvalue weighted by atomic mass is 35.5. The van der Waals surface area contributed by atoms with Crippen molar-refractivity contribution in [1.82, 2.24) is 4.98 Å². The van der Waals surface area contributed by atoms with Crippen LogP contribution in [-0.2, 0) is 13.0 Å². The van der Waals surface area contributed by atoms with Crippen molar-refractivity contribution in [3.63, 3.8) is 0 Å². The van der Waals surface area contributed by atoms with Crippen LogP contribution < -0.4 is 4.90 Å². The lowest BCUT2D eigenvalue weighted by Crippen LogP contribution is -2.24. The molecule has 1 aliphatic rings. The van der Waals surface area contributed by atoms with Crippen molar-refractivity contribution in [2.45, 2.75) is 25.8 Å². The first kappa shape index (κ1) is 12.5. The number of fused-ring (bicyclic) bond motifs is 1. The average molecular weight is 273 g/mol. The maximum absolute atomic E-state index is 5.97. The summed E-state index contributed by atoms with van der Waals surface area (Å²) < 4.78 is 0. The van der Waals surface area contributed by atoms with Gasteiger partial charge in [-0.2, -0.15) is 0 Å². The molecule has 3 rings (SSSR count). The Kier molecular flexibility index (Phi) is 3.69. The Bertz CT molecular complexity index is 568. The summed E-state index contributed by atoms with van der Waals surface area (Å²) in [5, 5.41) is 0.570. The zero-order valence-corrected chi connectivity index (χ0v) is 11.6. The van der Waals surface area contributed by atoms with E-state index < -0.39 is 0 Å². The van der Waals surface area contributed by atoms with E-state index in [9.17, 15) is 0 Å². The van der Waals surface area contributed by atoms with E-state index in [4.69, 9.17) is 11.6 Å². The zero-order chi connectivity index (χ0) is 13.1. The van der Waals surface area contributed by atoms with Crippen molar-refractivity contribution in [1.29, 1.82) is 0 Å². The van der Waals surface area contributed by atoms with Gasteiger partial charge in [0.15, 0.2) is 0 Å². The quantitative estimate of drug-likeness (QED) is 0.766. The lowest BCUT2D eigenvalue weighted by Gasteiger charge is -2.24. The van der Waals surface area contributed by atoms with Crippen LogP contribution in [0.15, 0.2) is 42.5 Å². The van der Waals surface area contributed by atoms with Gasteiger partial charge in [0.2, 0.25) is 0 Å². The van der Waals surface area contributed by atoms with Crippen molar-refractivity contribution < 1.29 is 0 Å². The zero-order valence-electron chi connectivity index (χ0n) is 10.8. The average Bonchev–Trinajstić information content (AvgIpc) is 2.62. The molecule has 0 saturated heterocycles. The van der Waals surface area contributed by atoms with Crippen molar-refractivity contribution >= 4 is 17.3 Å². The standard InChI is InChI=1S/C16H17ClN2/c17-16-10-5-8-14(18-16)12-19-11-4-3-7-13-6-1-2-9-15(13)19/h1-2,5-6,8-10H,3-4,7,11-12H2. The fraction of sp³-hybridized carbons (Fsp3) is 0.312. The molecule has 0 radical (unpaired) electrons. The molecule has 0 fully saturated rings. The number of aromatic nitrogens is 1. The van der Waals surface area contributed by atoms with E-state index in [2.05, 4.69) is 34.1 Å². The Balaban J connectivity index is 1.88. The summed E-state index contributed by atoms with van der Waals surface area (Å²) in [4.78, 5) is 6.81. The van der Waals surface area contributed by atoms with Crippen molar-refractivity contribution in [3.8, 4) is 0 Å². The topological polar surface area (TPSA) is 16.1 Å². The number of pyridine rings is 1. The van der Waals surface area contributed by atoms with E-state index in [1.165, 1.54) is 30.5 Å². The molecule has 19 heavy (non-hydrogen) atoms. The minimum Gasteiger partial charge on any atom is -0.365 e. The van der Waals surface area contributed by atoms with Crippen LogP contribution in [0.5, 0.6) is 0 Å². The number of anilines is 1. The minimum absolute atomic E-state index is 0.570. The number of hydrogen-bond acceptors (Lipinski definition) is 2. The van der Waals surface area contributed by atoms with Gasteiger partial charge in [0.1, 0.15) is 5.15 Å². The van der Waals surface area contributed by atoms with Gasteiger partial charge < -0.3 is 4.90 Å². The molecule has 0 aliphatic carbocycles. The van der Waals surface area contributed by atoms with Gasteiger partial charge >= 0.3 is 0 Å². The minimum atomic E-state index is 0.570. The van der Waals surface area contributed by atoms with Crippen LogP contribution in [0.3, 0.4) is 0 Å². The van der Waals surface area contributed by atoms with Gasteiger partial charge in [-0.1, -0.05) is 35.9 Å². The summed E-state index contributed by atoms with van der Waals surface area (Å²) in [6.45, 7) is 1.92. The van der Waals surface area contributed by atoms with Crippen LogP contribution >= 0.6 is 11.6 Å². The van der Waals surface area contributed by atoms with Crippen LogP contribution in [0.25, 0.3) is 0 Å². The fourth-order valence-electron chi connectivity index (χ4n) is 2.67. The largest absolute Gasteiger partial charge is 0.365 e. The van der Waals surface area contributed by atoms with Crippen LogP contribution in [0.2, 0.25) is 5.15 Å². The molecule has 2 nitrogen and oxygen atoms in total. The van der Waals surface area contributed by atoms with Gasteiger partial charge in [0.05, 0.1) is 12.2 Å². The molecule has 0 atom stereocenters. The van der Waals surface area contributed by atoms with E-state index in [0.717, 1.165) is 18.8 Å². The van der Waals surface area contributed by atoms with E-state index in [-0.39, 0.29) is 0 Å². The molecule has 2 aromatic rings. The van der Waals surface area contributed by atoms with Crippen LogP contribution in [-0.4, -0.2) is 11.5 Å². The molecule has 1 aromatic carbocycles. The van der Waals surface area contributed by atoms with Crippen LogP contribution in [0.4, 0.5) is 5.69 Å². The maximum Gasteiger partial charge on any atom is 0.129 e. The Morgan fingerprint density at radius 3 is 2.84 bits per heavy atom. The number of para-hydroxylation sites is 1. The third-order valence-corrected chi connectivity index (χ3v) is 3.79. The molecular formula is C16H17ClN2. The van der Waals surface area contributed by atoms with Gasteiger partial charge in [0.25, 0.3) is 0 Å². The summed E-state index contributed by atoms with van der Waals surface area (Å²) >= 11 is 5.97. The lowest BCUT2D eigenvalue weighted by molar-refractivity contribution is 0.708. The molecule has 1 aliphatic heterocycles. The van der Waals surface area contributed by atoms with E-state index >= 15 is 0 Å². The molecular weight excluding hydrogens is 256 g/mol. The number of rotatable bonds is 2. The van der Waals surface area contributed by atoms with Crippen LogP contribution in [0.1, 0.15) is 24.1 Å². The SMILES string of the molecule is Clc1cccc(CN2CCCCc3ccccc32)n1. The molecule has 0 bridgehead atoms. The highest BCUT2D eigenvalue weighted by Crippen LogP contribution is 2.27. The molecule has 0 spiro atoms. The first-order chi connectivity index (χ1) is 9.33. The predicted molar refractivity (Wildman–Crippen MR) is 79.7 cm³/mol. The lowest BCUT2D eigenvalue weighted by atomic mass is 10.1. The second kappa shape index (κ2) is 5.62. The number of halogens is 1. The van der Waals surface area contributed by atoms with Gasteiger partial charge in [-0.25, -0.2) is 4.98 Å². The van der Waals surface area contributed by atoms with Crippen molar-refractivity contribution in [3.05, 3.63) is 58.9 Å². The highest BCUT2D eigenvalue weighted by molar-refractivity contribution is 6.29. The Morgan fingerprint density at radius 1 is 1.05 bits per heavy atom. The molecule has 98 valence electrons. The molecule has 0 amide bonds. The van der Waals surface area contributed by atoms with Gasteiger partial charge in [-0.05, 0) is 43.0 Å². The van der Waals surface area contributed by atoms with E-state index in [0.29, 0.717) is 5.15 Å². The highest BCUT2D eigenvalue weighted by Gasteiger charge is 2.15. The van der Waals surface area contributed by atoms with Crippen LogP contribution in [0, 0.1) is 0 Å². The van der Waals surface area contributed by atoms with Gasteiger partial charge in [-0.15, -0.1) is 0 Å². The molecule has 0 saturated carbocycles. The molecule has 0 unspecified atom stereocenters. The summed E-state index contributed by atoms with van der Waals surface area (Å²) in [5.74, 6) is 0. The molecule has 0 N–H and O–H groups in total. The summed E-state index contributed by atoms with van der Waals surface area (Å²) in [6.07, 6.45) is 3.67.